The van der Waals surface area contributed by atoms with E-state index in [1.807, 2.05) is 60.7 Å². The molecule has 1 aliphatic carbocycles. The number of carbonyl (C=O) groups excluding carboxylic acids is 1. The smallest absolute Gasteiger partial charge is 0.411 e. The maximum Gasteiger partial charge on any atom is 0.411 e. The summed E-state index contributed by atoms with van der Waals surface area (Å²) in [6.07, 6.45) is -0.470. The van der Waals surface area contributed by atoms with Gasteiger partial charge in [0.05, 0.1) is 5.69 Å². The zero-order valence-corrected chi connectivity index (χ0v) is 16.5. The van der Waals surface area contributed by atoms with Crippen molar-refractivity contribution < 1.29 is 9.53 Å². The van der Waals surface area contributed by atoms with Crippen LogP contribution in [0.15, 0.2) is 84.9 Å². The second-order valence-corrected chi connectivity index (χ2v) is 7.48. The summed E-state index contributed by atoms with van der Waals surface area (Å²) in [5, 5.41) is 4.93. The largest absolute Gasteiger partial charge is 0.448 e. The third-order valence-corrected chi connectivity index (χ3v) is 5.81. The summed E-state index contributed by atoms with van der Waals surface area (Å²) >= 11 is 0. The predicted molar refractivity (Wildman–Crippen MR) is 121 cm³/mol. The molecule has 4 aromatic rings. The van der Waals surface area contributed by atoms with Gasteiger partial charge in [-0.25, -0.2) is 4.79 Å². The Labute approximate surface area is 175 Å². The van der Waals surface area contributed by atoms with Gasteiger partial charge >= 0.3 is 6.09 Å². The highest BCUT2D eigenvalue weighted by Crippen LogP contribution is 2.44. The molecule has 1 aliphatic rings. The summed E-state index contributed by atoms with van der Waals surface area (Å²) in [6, 6.07) is 28.5. The average Bonchev–Trinajstić information content (AvgIpc) is 3.12. The van der Waals surface area contributed by atoms with E-state index >= 15 is 0 Å². The highest BCUT2D eigenvalue weighted by molar-refractivity contribution is 6.01. The molecule has 30 heavy (non-hydrogen) atoms. The monoisotopic (exact) mass is 394 g/mol. The molecule has 0 radical (unpaired) electrons. The van der Waals surface area contributed by atoms with Gasteiger partial charge in [-0.3, -0.25) is 5.32 Å². The first-order valence-corrected chi connectivity index (χ1v) is 10.1. The Kier molecular flexibility index (Phi) is 4.69. The van der Waals surface area contributed by atoms with Crippen molar-refractivity contribution >= 4 is 22.6 Å². The van der Waals surface area contributed by atoms with Crippen molar-refractivity contribution in [1.82, 2.24) is 0 Å². The second kappa shape index (κ2) is 7.65. The predicted octanol–water partition coefficient (Wildman–Crippen LogP) is 5.66. The molecule has 0 saturated carbocycles. The molecule has 0 aromatic heterocycles. The van der Waals surface area contributed by atoms with Crippen LogP contribution in [-0.4, -0.2) is 12.7 Å². The van der Waals surface area contributed by atoms with E-state index in [2.05, 4.69) is 29.6 Å². The summed E-state index contributed by atoms with van der Waals surface area (Å²) in [6.45, 7) is 0.617. The lowest BCUT2D eigenvalue weighted by Crippen LogP contribution is -2.19. The fourth-order valence-corrected chi connectivity index (χ4v) is 4.37. The standard InChI is InChI=1S/C26H22N2O2/c27-15-18-14-13-17-7-1-2-8-19(17)25(18)28-26(29)30-16-24-22-11-5-3-9-20(22)21-10-4-6-12-23(21)24/h1-14,24H,15-16,27H2,(H,28,29). The number of anilines is 1. The van der Waals surface area contributed by atoms with Crippen LogP contribution in [0.25, 0.3) is 21.9 Å². The lowest BCUT2D eigenvalue weighted by Gasteiger charge is -2.16. The van der Waals surface area contributed by atoms with E-state index in [9.17, 15) is 4.79 Å². The number of hydrogen-bond acceptors (Lipinski definition) is 3. The Morgan fingerprint density at radius 3 is 2.17 bits per heavy atom. The maximum atomic E-state index is 12.7. The Bertz CT molecular complexity index is 1200. The summed E-state index contributed by atoms with van der Waals surface area (Å²) in [5.74, 6) is 0.0321. The topological polar surface area (TPSA) is 64.3 Å². The van der Waals surface area contributed by atoms with Gasteiger partial charge in [0.15, 0.2) is 0 Å². The molecule has 0 aliphatic heterocycles. The molecule has 3 N–H and O–H groups in total. The fraction of sp³-hybridized carbons (Fsp3) is 0.115. The number of nitrogens with two attached hydrogens (primary N) is 1. The van der Waals surface area contributed by atoms with Crippen LogP contribution in [-0.2, 0) is 11.3 Å². The zero-order valence-electron chi connectivity index (χ0n) is 16.5. The van der Waals surface area contributed by atoms with Gasteiger partial charge in [0.25, 0.3) is 0 Å². The van der Waals surface area contributed by atoms with Crippen LogP contribution in [0.4, 0.5) is 10.5 Å². The Hall–Kier alpha value is -3.63. The average molecular weight is 394 g/mol. The second-order valence-electron chi connectivity index (χ2n) is 7.48. The Morgan fingerprint density at radius 2 is 1.47 bits per heavy atom. The number of carbonyl (C=O) groups is 1. The molecule has 0 saturated heterocycles. The summed E-state index contributed by atoms with van der Waals surface area (Å²) < 4.78 is 5.70. The van der Waals surface area contributed by atoms with Crippen LogP contribution < -0.4 is 11.1 Å². The van der Waals surface area contributed by atoms with E-state index in [1.165, 1.54) is 22.3 Å². The van der Waals surface area contributed by atoms with Crippen molar-refractivity contribution in [3.8, 4) is 11.1 Å². The van der Waals surface area contributed by atoms with E-state index in [1.54, 1.807) is 0 Å². The first-order chi connectivity index (χ1) is 14.8. The summed E-state index contributed by atoms with van der Waals surface area (Å²) in [4.78, 5) is 12.7. The van der Waals surface area contributed by atoms with Gasteiger partial charge in [0.2, 0.25) is 0 Å². The van der Waals surface area contributed by atoms with Gasteiger partial charge in [-0.1, -0.05) is 84.9 Å². The Morgan fingerprint density at radius 1 is 0.833 bits per heavy atom. The van der Waals surface area contributed by atoms with Gasteiger partial charge in [-0.2, -0.15) is 0 Å². The number of amides is 1. The highest BCUT2D eigenvalue weighted by Gasteiger charge is 2.29. The number of rotatable bonds is 4. The molecular weight excluding hydrogens is 372 g/mol. The number of benzene rings is 4. The minimum absolute atomic E-state index is 0.0321. The number of ether oxygens (including phenoxy) is 1. The van der Waals surface area contributed by atoms with E-state index in [-0.39, 0.29) is 12.5 Å². The van der Waals surface area contributed by atoms with Crippen molar-refractivity contribution in [2.24, 2.45) is 5.73 Å². The molecule has 0 spiro atoms. The van der Waals surface area contributed by atoms with E-state index in [4.69, 9.17) is 10.5 Å². The number of nitrogens with one attached hydrogen (secondary N) is 1. The highest BCUT2D eigenvalue weighted by atomic mass is 16.5. The van der Waals surface area contributed by atoms with E-state index in [0.29, 0.717) is 12.2 Å². The minimum Gasteiger partial charge on any atom is -0.448 e. The van der Waals surface area contributed by atoms with Crippen LogP contribution in [0.5, 0.6) is 0 Å². The van der Waals surface area contributed by atoms with Crippen LogP contribution in [0.2, 0.25) is 0 Å². The molecule has 0 unspecified atom stereocenters. The minimum atomic E-state index is -0.470. The van der Waals surface area contributed by atoms with Gasteiger partial charge in [-0.15, -0.1) is 0 Å². The van der Waals surface area contributed by atoms with Gasteiger partial charge < -0.3 is 10.5 Å². The van der Waals surface area contributed by atoms with Crippen LogP contribution in [0, 0.1) is 0 Å². The van der Waals surface area contributed by atoms with Crippen molar-refractivity contribution in [3.05, 3.63) is 102 Å². The van der Waals surface area contributed by atoms with Crippen molar-refractivity contribution in [2.75, 3.05) is 11.9 Å². The third kappa shape index (κ3) is 3.11. The molecule has 148 valence electrons. The fourth-order valence-electron chi connectivity index (χ4n) is 4.37. The molecule has 4 nitrogen and oxygen atoms in total. The lowest BCUT2D eigenvalue weighted by molar-refractivity contribution is 0.158. The van der Waals surface area contributed by atoms with Crippen molar-refractivity contribution in [2.45, 2.75) is 12.5 Å². The molecule has 5 rings (SSSR count). The lowest BCUT2D eigenvalue weighted by atomic mass is 9.98. The SMILES string of the molecule is NCc1ccc2ccccc2c1NC(=O)OCC1c2ccccc2-c2ccccc21. The summed E-state index contributed by atoms with van der Waals surface area (Å²) in [7, 11) is 0. The summed E-state index contributed by atoms with van der Waals surface area (Å²) in [5.41, 5.74) is 12.3. The molecule has 0 atom stereocenters. The molecule has 4 aromatic carbocycles. The van der Waals surface area contributed by atoms with Crippen molar-refractivity contribution in [1.29, 1.82) is 0 Å². The van der Waals surface area contributed by atoms with Gasteiger partial charge in [0.1, 0.15) is 6.61 Å². The maximum absolute atomic E-state index is 12.7. The molecule has 0 heterocycles. The number of fused-ring (bicyclic) bond motifs is 4. The molecule has 1 amide bonds. The quantitative estimate of drug-likeness (QED) is 0.469. The first-order valence-electron chi connectivity index (χ1n) is 10.1. The van der Waals surface area contributed by atoms with Gasteiger partial charge in [0, 0.05) is 17.8 Å². The zero-order chi connectivity index (χ0) is 20.5. The molecular formula is C26H22N2O2. The third-order valence-electron chi connectivity index (χ3n) is 5.81. The molecule has 0 fully saturated rings. The van der Waals surface area contributed by atoms with E-state index < -0.39 is 6.09 Å². The molecule has 0 bridgehead atoms. The van der Waals surface area contributed by atoms with Crippen LogP contribution in [0.1, 0.15) is 22.6 Å². The normalized spacial score (nSPS) is 12.4. The Balaban J connectivity index is 1.39. The molecule has 4 heteroatoms. The van der Waals surface area contributed by atoms with Gasteiger partial charge in [-0.05, 0) is 33.2 Å². The van der Waals surface area contributed by atoms with Crippen LogP contribution in [0.3, 0.4) is 0 Å². The van der Waals surface area contributed by atoms with Crippen LogP contribution >= 0.6 is 0 Å². The van der Waals surface area contributed by atoms with E-state index in [0.717, 1.165) is 16.3 Å². The van der Waals surface area contributed by atoms with Crippen molar-refractivity contribution in [3.63, 3.8) is 0 Å². The number of hydrogen-bond donors (Lipinski definition) is 2. The first kappa shape index (κ1) is 18.4.